The zero-order valence-electron chi connectivity index (χ0n) is 12.4. The smallest absolute Gasteiger partial charge is 0.308 e. The molecule has 0 radical (unpaired) electrons. The monoisotopic (exact) mass is 269 g/mol. The molecule has 1 amide bonds. The second kappa shape index (κ2) is 8.18. The molecule has 4 heteroatoms. The molecule has 0 bridgehead atoms. The summed E-state index contributed by atoms with van der Waals surface area (Å²) in [5.41, 5.74) is 0. The molecule has 19 heavy (non-hydrogen) atoms. The minimum absolute atomic E-state index is 0.0289. The van der Waals surface area contributed by atoms with Crippen LogP contribution in [0.4, 0.5) is 0 Å². The van der Waals surface area contributed by atoms with Crippen molar-refractivity contribution in [2.45, 2.75) is 65.3 Å². The number of amides is 1. The Kier molecular flexibility index (Phi) is 6.89. The number of carbonyl (C=O) groups is 2. The molecule has 1 aliphatic rings. The van der Waals surface area contributed by atoms with E-state index >= 15 is 0 Å². The highest BCUT2D eigenvalue weighted by Crippen LogP contribution is 2.25. The number of carbonyl (C=O) groups excluding carboxylic acids is 2. The van der Waals surface area contributed by atoms with Crippen LogP contribution in [0.25, 0.3) is 0 Å². The van der Waals surface area contributed by atoms with E-state index in [0.29, 0.717) is 6.61 Å². The fourth-order valence-electron chi connectivity index (χ4n) is 2.71. The van der Waals surface area contributed by atoms with Crippen LogP contribution in [0.15, 0.2) is 0 Å². The highest BCUT2D eigenvalue weighted by Gasteiger charge is 2.28. The largest absolute Gasteiger partial charge is 0.466 e. The third kappa shape index (κ3) is 4.84. The molecule has 4 nitrogen and oxygen atoms in total. The highest BCUT2D eigenvalue weighted by atomic mass is 16.5. The average Bonchev–Trinajstić information content (AvgIpc) is 2.41. The predicted octanol–water partition coefficient (Wildman–Crippen LogP) is 2.66. The standard InChI is InChI=1S/C15H27NO3/c1-4-11(5-2)14(17)16-13-9-7-12(8-10-13)15(18)19-6-3/h11-13H,4-10H2,1-3H3,(H,16,17). The molecule has 0 saturated heterocycles. The van der Waals surface area contributed by atoms with Gasteiger partial charge in [-0.1, -0.05) is 13.8 Å². The Morgan fingerprint density at radius 2 is 1.68 bits per heavy atom. The van der Waals surface area contributed by atoms with Crippen LogP contribution in [-0.2, 0) is 14.3 Å². The first-order valence-corrected chi connectivity index (χ1v) is 7.59. The van der Waals surface area contributed by atoms with Crippen LogP contribution in [-0.4, -0.2) is 24.5 Å². The van der Waals surface area contributed by atoms with Gasteiger partial charge in [-0.05, 0) is 45.4 Å². The number of hydrogen-bond acceptors (Lipinski definition) is 3. The van der Waals surface area contributed by atoms with Crippen LogP contribution in [0.3, 0.4) is 0 Å². The Balaban J connectivity index is 2.34. The summed E-state index contributed by atoms with van der Waals surface area (Å²) in [4.78, 5) is 23.6. The molecule has 1 saturated carbocycles. The van der Waals surface area contributed by atoms with Crippen molar-refractivity contribution in [2.75, 3.05) is 6.61 Å². The topological polar surface area (TPSA) is 55.4 Å². The maximum Gasteiger partial charge on any atom is 0.308 e. The lowest BCUT2D eigenvalue weighted by atomic mass is 9.85. The first kappa shape index (κ1) is 16.0. The Bertz CT molecular complexity index is 292. The molecule has 1 fully saturated rings. The zero-order valence-corrected chi connectivity index (χ0v) is 12.4. The number of esters is 1. The number of nitrogens with one attached hydrogen (secondary N) is 1. The van der Waals surface area contributed by atoms with Gasteiger partial charge in [0.25, 0.3) is 0 Å². The van der Waals surface area contributed by atoms with Crippen LogP contribution in [0.1, 0.15) is 59.3 Å². The number of ether oxygens (including phenoxy) is 1. The maximum absolute atomic E-state index is 12.0. The van der Waals surface area contributed by atoms with Gasteiger partial charge in [-0.25, -0.2) is 0 Å². The van der Waals surface area contributed by atoms with E-state index in [2.05, 4.69) is 5.32 Å². The van der Waals surface area contributed by atoms with Gasteiger partial charge in [0.2, 0.25) is 5.91 Å². The van der Waals surface area contributed by atoms with Gasteiger partial charge in [-0.15, -0.1) is 0 Å². The van der Waals surface area contributed by atoms with E-state index in [4.69, 9.17) is 4.74 Å². The summed E-state index contributed by atoms with van der Waals surface area (Å²) in [6.45, 7) is 6.38. The van der Waals surface area contributed by atoms with Crippen molar-refractivity contribution in [3.63, 3.8) is 0 Å². The molecule has 0 atom stereocenters. The molecule has 0 aromatic heterocycles. The van der Waals surface area contributed by atoms with E-state index in [-0.39, 0.29) is 29.8 Å². The van der Waals surface area contributed by atoms with Crippen molar-refractivity contribution >= 4 is 11.9 Å². The van der Waals surface area contributed by atoms with Crippen LogP contribution >= 0.6 is 0 Å². The fraction of sp³-hybridized carbons (Fsp3) is 0.867. The maximum atomic E-state index is 12.0. The third-order valence-corrected chi connectivity index (χ3v) is 4.05. The summed E-state index contributed by atoms with van der Waals surface area (Å²) >= 11 is 0. The summed E-state index contributed by atoms with van der Waals surface area (Å²) in [5, 5.41) is 3.12. The number of hydrogen-bond donors (Lipinski definition) is 1. The van der Waals surface area contributed by atoms with Crippen molar-refractivity contribution in [2.24, 2.45) is 11.8 Å². The molecule has 0 heterocycles. The number of rotatable bonds is 6. The summed E-state index contributed by atoms with van der Waals surface area (Å²) in [6, 6.07) is 0.235. The Morgan fingerprint density at radius 3 is 2.16 bits per heavy atom. The molecule has 0 spiro atoms. The lowest BCUT2D eigenvalue weighted by Gasteiger charge is -2.29. The first-order valence-electron chi connectivity index (χ1n) is 7.59. The van der Waals surface area contributed by atoms with E-state index < -0.39 is 0 Å². The molecule has 0 aromatic rings. The molecule has 0 aliphatic heterocycles. The predicted molar refractivity (Wildman–Crippen MR) is 74.6 cm³/mol. The van der Waals surface area contributed by atoms with Gasteiger partial charge in [-0.3, -0.25) is 9.59 Å². The molecular formula is C15H27NO3. The summed E-state index contributed by atoms with van der Waals surface area (Å²) in [7, 11) is 0. The van der Waals surface area contributed by atoms with E-state index in [1.807, 2.05) is 20.8 Å². The van der Waals surface area contributed by atoms with Gasteiger partial charge < -0.3 is 10.1 Å². The first-order chi connectivity index (χ1) is 9.12. The minimum atomic E-state index is -0.0766. The molecular weight excluding hydrogens is 242 g/mol. The molecule has 1 aliphatic carbocycles. The van der Waals surface area contributed by atoms with Gasteiger partial charge in [0.15, 0.2) is 0 Å². The zero-order chi connectivity index (χ0) is 14.3. The van der Waals surface area contributed by atoms with Crippen molar-refractivity contribution in [1.82, 2.24) is 5.32 Å². The van der Waals surface area contributed by atoms with Gasteiger partial charge in [-0.2, -0.15) is 0 Å². The van der Waals surface area contributed by atoms with Crippen molar-refractivity contribution in [3.05, 3.63) is 0 Å². The van der Waals surface area contributed by atoms with Crippen molar-refractivity contribution in [1.29, 1.82) is 0 Å². The highest BCUT2D eigenvalue weighted by molar-refractivity contribution is 5.79. The van der Waals surface area contributed by atoms with E-state index in [1.165, 1.54) is 0 Å². The molecule has 0 unspecified atom stereocenters. The van der Waals surface area contributed by atoms with Gasteiger partial charge in [0.1, 0.15) is 0 Å². The van der Waals surface area contributed by atoms with Crippen LogP contribution < -0.4 is 5.32 Å². The average molecular weight is 269 g/mol. The summed E-state index contributed by atoms with van der Waals surface area (Å²) < 4.78 is 5.04. The normalized spacial score (nSPS) is 23.2. The second-order valence-electron chi connectivity index (χ2n) is 5.32. The van der Waals surface area contributed by atoms with Crippen molar-refractivity contribution in [3.8, 4) is 0 Å². The SMILES string of the molecule is CCOC(=O)C1CCC(NC(=O)C(CC)CC)CC1. The molecule has 0 aromatic carbocycles. The second-order valence-corrected chi connectivity index (χ2v) is 5.32. The Labute approximate surface area is 116 Å². The lowest BCUT2D eigenvalue weighted by Crippen LogP contribution is -2.41. The quantitative estimate of drug-likeness (QED) is 0.754. The van der Waals surface area contributed by atoms with Gasteiger partial charge in [0, 0.05) is 12.0 Å². The Morgan fingerprint density at radius 1 is 1.11 bits per heavy atom. The van der Waals surface area contributed by atoms with E-state index in [0.717, 1.165) is 38.5 Å². The summed E-state index contributed by atoms with van der Waals surface area (Å²) in [6.07, 6.45) is 5.20. The van der Waals surface area contributed by atoms with Gasteiger partial charge >= 0.3 is 5.97 Å². The lowest BCUT2D eigenvalue weighted by molar-refractivity contribution is -0.149. The Hall–Kier alpha value is -1.06. The molecule has 110 valence electrons. The van der Waals surface area contributed by atoms with Crippen LogP contribution in [0.5, 0.6) is 0 Å². The van der Waals surface area contributed by atoms with Gasteiger partial charge in [0.05, 0.1) is 12.5 Å². The van der Waals surface area contributed by atoms with Crippen LogP contribution in [0, 0.1) is 11.8 Å². The molecule has 1 N–H and O–H groups in total. The molecule has 1 rings (SSSR count). The van der Waals surface area contributed by atoms with Crippen LogP contribution in [0.2, 0.25) is 0 Å². The summed E-state index contributed by atoms with van der Waals surface area (Å²) in [5.74, 6) is 0.251. The van der Waals surface area contributed by atoms with Crippen molar-refractivity contribution < 1.29 is 14.3 Å². The minimum Gasteiger partial charge on any atom is -0.466 e. The van der Waals surface area contributed by atoms with E-state index in [9.17, 15) is 9.59 Å². The fourth-order valence-corrected chi connectivity index (χ4v) is 2.71. The van der Waals surface area contributed by atoms with E-state index in [1.54, 1.807) is 0 Å². The third-order valence-electron chi connectivity index (χ3n) is 4.05.